The molecule has 0 saturated heterocycles. The van der Waals surface area contributed by atoms with E-state index in [-0.39, 0.29) is 11.4 Å². The SMILES string of the molecule is CCC(=O)N(C/C=C(/C)C1=CC=CC(C)C1)C(C)(C)C. The van der Waals surface area contributed by atoms with E-state index in [1.54, 1.807) is 0 Å². The molecule has 0 aromatic heterocycles. The first-order chi connectivity index (χ1) is 9.25. The first-order valence-corrected chi connectivity index (χ1v) is 7.60. The minimum atomic E-state index is -0.127. The van der Waals surface area contributed by atoms with Crippen LogP contribution in [0.15, 0.2) is 35.5 Å². The molecule has 1 aliphatic carbocycles. The molecule has 0 radical (unpaired) electrons. The Bertz CT molecular complexity index is 435. The molecule has 112 valence electrons. The third-order valence-corrected chi connectivity index (χ3v) is 3.78. The molecule has 2 nitrogen and oxygen atoms in total. The summed E-state index contributed by atoms with van der Waals surface area (Å²) >= 11 is 0. The van der Waals surface area contributed by atoms with Crippen LogP contribution in [0.5, 0.6) is 0 Å². The first-order valence-electron chi connectivity index (χ1n) is 7.60. The Balaban J connectivity index is 2.80. The van der Waals surface area contributed by atoms with Gasteiger partial charge in [-0.3, -0.25) is 4.79 Å². The first kappa shape index (κ1) is 16.7. The fourth-order valence-corrected chi connectivity index (χ4v) is 2.44. The van der Waals surface area contributed by atoms with E-state index in [0.29, 0.717) is 18.9 Å². The highest BCUT2D eigenvalue weighted by Crippen LogP contribution is 2.24. The summed E-state index contributed by atoms with van der Waals surface area (Å²) in [5.41, 5.74) is 2.55. The molecule has 1 rings (SSSR count). The Morgan fingerprint density at radius 1 is 1.45 bits per heavy atom. The molecule has 0 aromatic rings. The van der Waals surface area contributed by atoms with Gasteiger partial charge in [0.25, 0.3) is 0 Å². The van der Waals surface area contributed by atoms with Gasteiger partial charge in [-0.1, -0.05) is 43.7 Å². The van der Waals surface area contributed by atoms with Gasteiger partial charge in [-0.25, -0.2) is 0 Å². The number of allylic oxidation sites excluding steroid dienone is 5. The van der Waals surface area contributed by atoms with Crippen LogP contribution in [0.25, 0.3) is 0 Å². The molecule has 0 bridgehead atoms. The Hall–Kier alpha value is -1.31. The summed E-state index contributed by atoms with van der Waals surface area (Å²) in [5, 5.41) is 0. The second-order valence-electron chi connectivity index (χ2n) is 6.67. The van der Waals surface area contributed by atoms with Gasteiger partial charge in [-0.15, -0.1) is 0 Å². The van der Waals surface area contributed by atoms with Gasteiger partial charge < -0.3 is 4.90 Å². The highest BCUT2D eigenvalue weighted by molar-refractivity contribution is 5.76. The Labute approximate surface area is 124 Å². The molecular formula is C18H29NO. The molecular weight excluding hydrogens is 246 g/mol. The van der Waals surface area contributed by atoms with Crippen LogP contribution in [0, 0.1) is 5.92 Å². The van der Waals surface area contributed by atoms with Crippen LogP contribution in [0.4, 0.5) is 0 Å². The van der Waals surface area contributed by atoms with Crippen molar-refractivity contribution in [2.75, 3.05) is 6.54 Å². The van der Waals surface area contributed by atoms with Crippen LogP contribution in [0.3, 0.4) is 0 Å². The Morgan fingerprint density at radius 2 is 2.10 bits per heavy atom. The van der Waals surface area contributed by atoms with Crippen molar-refractivity contribution in [1.29, 1.82) is 0 Å². The molecule has 0 heterocycles. The highest BCUT2D eigenvalue weighted by atomic mass is 16.2. The summed E-state index contributed by atoms with van der Waals surface area (Å²) in [7, 11) is 0. The number of amides is 1. The molecule has 2 heteroatoms. The molecule has 20 heavy (non-hydrogen) atoms. The van der Waals surface area contributed by atoms with Crippen molar-refractivity contribution >= 4 is 5.91 Å². The van der Waals surface area contributed by atoms with Crippen molar-refractivity contribution in [1.82, 2.24) is 4.90 Å². The zero-order chi connectivity index (χ0) is 15.3. The van der Waals surface area contributed by atoms with Crippen LogP contribution in [0.2, 0.25) is 0 Å². The monoisotopic (exact) mass is 275 g/mol. The average Bonchev–Trinajstić information content (AvgIpc) is 2.36. The van der Waals surface area contributed by atoms with E-state index < -0.39 is 0 Å². The van der Waals surface area contributed by atoms with Crippen molar-refractivity contribution in [3.05, 3.63) is 35.5 Å². The normalized spacial score (nSPS) is 19.8. The summed E-state index contributed by atoms with van der Waals surface area (Å²) in [4.78, 5) is 14.0. The fourth-order valence-electron chi connectivity index (χ4n) is 2.44. The topological polar surface area (TPSA) is 20.3 Å². The minimum absolute atomic E-state index is 0.127. The largest absolute Gasteiger partial charge is 0.334 e. The molecule has 0 aliphatic heterocycles. The highest BCUT2D eigenvalue weighted by Gasteiger charge is 2.24. The zero-order valence-electron chi connectivity index (χ0n) is 13.9. The lowest BCUT2D eigenvalue weighted by atomic mass is 9.91. The minimum Gasteiger partial charge on any atom is -0.334 e. The van der Waals surface area contributed by atoms with Gasteiger partial charge in [0.1, 0.15) is 0 Å². The number of nitrogens with zero attached hydrogens (tertiary/aromatic N) is 1. The number of carbonyl (C=O) groups excluding carboxylic acids is 1. The number of rotatable bonds is 4. The van der Waals surface area contributed by atoms with E-state index >= 15 is 0 Å². The lowest BCUT2D eigenvalue weighted by Crippen LogP contribution is -2.45. The molecule has 1 amide bonds. The summed E-state index contributed by atoms with van der Waals surface area (Å²) in [5.74, 6) is 0.821. The van der Waals surface area contributed by atoms with E-state index in [2.05, 4.69) is 58.9 Å². The van der Waals surface area contributed by atoms with Crippen LogP contribution >= 0.6 is 0 Å². The van der Waals surface area contributed by atoms with Crippen LogP contribution in [0.1, 0.15) is 54.4 Å². The second kappa shape index (κ2) is 6.92. The summed E-state index contributed by atoms with van der Waals surface area (Å²) in [6.45, 7) is 13.3. The van der Waals surface area contributed by atoms with Gasteiger partial charge >= 0.3 is 0 Å². The third kappa shape index (κ3) is 4.66. The van der Waals surface area contributed by atoms with Gasteiger partial charge in [0, 0.05) is 18.5 Å². The molecule has 0 aromatic carbocycles. The Kier molecular flexibility index (Phi) is 5.79. The molecule has 1 atom stereocenters. The van der Waals surface area contributed by atoms with Crippen LogP contribution in [-0.4, -0.2) is 22.9 Å². The van der Waals surface area contributed by atoms with E-state index in [1.165, 1.54) is 11.1 Å². The molecule has 0 fully saturated rings. The van der Waals surface area contributed by atoms with Gasteiger partial charge in [0.2, 0.25) is 5.91 Å². The van der Waals surface area contributed by atoms with Crippen molar-refractivity contribution in [2.24, 2.45) is 5.92 Å². The van der Waals surface area contributed by atoms with Gasteiger partial charge in [-0.05, 0) is 45.6 Å². The van der Waals surface area contributed by atoms with Crippen molar-refractivity contribution in [3.63, 3.8) is 0 Å². The molecule has 1 aliphatic rings. The van der Waals surface area contributed by atoms with Gasteiger partial charge in [0.15, 0.2) is 0 Å². The van der Waals surface area contributed by atoms with E-state index in [9.17, 15) is 4.79 Å². The Morgan fingerprint density at radius 3 is 2.60 bits per heavy atom. The average molecular weight is 275 g/mol. The molecule has 0 saturated carbocycles. The van der Waals surface area contributed by atoms with Crippen molar-refractivity contribution < 1.29 is 4.79 Å². The maximum Gasteiger partial charge on any atom is 0.223 e. The summed E-state index contributed by atoms with van der Waals surface area (Å²) in [6.07, 6.45) is 10.4. The quantitative estimate of drug-likeness (QED) is 0.740. The van der Waals surface area contributed by atoms with Crippen LogP contribution < -0.4 is 0 Å². The fraction of sp³-hybridized carbons (Fsp3) is 0.611. The number of hydrogen-bond donors (Lipinski definition) is 0. The maximum atomic E-state index is 12.1. The predicted octanol–water partition coefficient (Wildman–Crippen LogP) is 4.49. The standard InChI is InChI=1S/C18H29NO/c1-7-17(20)19(18(4,5)6)12-11-15(3)16-10-8-9-14(2)13-16/h8-11,14H,7,12-13H2,1-6H3/b15-11-. The maximum absolute atomic E-state index is 12.1. The molecule has 0 N–H and O–H groups in total. The number of hydrogen-bond acceptors (Lipinski definition) is 1. The van der Waals surface area contributed by atoms with E-state index in [4.69, 9.17) is 0 Å². The van der Waals surface area contributed by atoms with Gasteiger partial charge in [0.05, 0.1) is 0 Å². The van der Waals surface area contributed by atoms with Crippen molar-refractivity contribution in [2.45, 2.75) is 59.9 Å². The molecule has 0 spiro atoms. The zero-order valence-corrected chi connectivity index (χ0v) is 13.9. The summed E-state index contributed by atoms with van der Waals surface area (Å²) < 4.78 is 0. The number of carbonyl (C=O) groups is 1. The lowest BCUT2D eigenvalue weighted by Gasteiger charge is -2.35. The lowest BCUT2D eigenvalue weighted by molar-refractivity contribution is -0.134. The third-order valence-electron chi connectivity index (χ3n) is 3.78. The van der Waals surface area contributed by atoms with E-state index in [1.807, 2.05) is 11.8 Å². The smallest absolute Gasteiger partial charge is 0.223 e. The summed E-state index contributed by atoms with van der Waals surface area (Å²) in [6, 6.07) is 0. The van der Waals surface area contributed by atoms with E-state index in [0.717, 1.165) is 6.42 Å². The van der Waals surface area contributed by atoms with Crippen LogP contribution in [-0.2, 0) is 4.79 Å². The van der Waals surface area contributed by atoms with Gasteiger partial charge in [-0.2, -0.15) is 0 Å². The predicted molar refractivity (Wildman–Crippen MR) is 86.5 cm³/mol. The molecule has 1 unspecified atom stereocenters. The van der Waals surface area contributed by atoms with Crippen molar-refractivity contribution in [3.8, 4) is 0 Å². The second-order valence-corrected chi connectivity index (χ2v) is 6.67.